The van der Waals surface area contributed by atoms with Gasteiger partial charge in [0, 0.05) is 5.56 Å². The molecule has 0 aromatic heterocycles. The SMILES string of the molecule is COc1ccc(C2C(=O)c3cc(OC)ccc3C2(C)O)cc1. The van der Waals surface area contributed by atoms with Gasteiger partial charge in [0.1, 0.15) is 17.1 Å². The number of Topliss-reactive ketones (excluding diaryl/α,β-unsaturated/α-hetero) is 1. The molecule has 0 heterocycles. The van der Waals surface area contributed by atoms with Crippen LogP contribution in [0.15, 0.2) is 42.5 Å². The van der Waals surface area contributed by atoms with Crippen LogP contribution in [-0.4, -0.2) is 25.1 Å². The van der Waals surface area contributed by atoms with Gasteiger partial charge in [-0.1, -0.05) is 18.2 Å². The summed E-state index contributed by atoms with van der Waals surface area (Å²) in [6, 6.07) is 12.4. The first-order valence-electron chi connectivity index (χ1n) is 7.08. The Kier molecular flexibility index (Phi) is 3.41. The van der Waals surface area contributed by atoms with E-state index in [0.29, 0.717) is 22.6 Å². The molecule has 0 bridgehead atoms. The zero-order chi connectivity index (χ0) is 15.9. The molecule has 0 aliphatic heterocycles. The third-order valence-corrected chi connectivity index (χ3v) is 4.31. The van der Waals surface area contributed by atoms with Crippen LogP contribution in [0.4, 0.5) is 0 Å². The summed E-state index contributed by atoms with van der Waals surface area (Å²) in [5.41, 5.74) is 0.683. The lowest BCUT2D eigenvalue weighted by atomic mass is 9.83. The number of rotatable bonds is 3. The Hall–Kier alpha value is -2.33. The number of aliphatic hydroxyl groups is 1. The van der Waals surface area contributed by atoms with Crippen LogP contribution in [0, 0.1) is 0 Å². The quantitative estimate of drug-likeness (QED) is 0.946. The highest BCUT2D eigenvalue weighted by atomic mass is 16.5. The van der Waals surface area contributed by atoms with Gasteiger partial charge in [0.2, 0.25) is 0 Å². The van der Waals surface area contributed by atoms with Gasteiger partial charge >= 0.3 is 0 Å². The Labute approximate surface area is 129 Å². The van der Waals surface area contributed by atoms with Crippen LogP contribution < -0.4 is 9.47 Å². The van der Waals surface area contributed by atoms with E-state index in [-0.39, 0.29) is 5.78 Å². The van der Waals surface area contributed by atoms with Crippen molar-refractivity contribution in [2.75, 3.05) is 14.2 Å². The second-order valence-corrected chi connectivity index (χ2v) is 5.63. The molecule has 0 saturated carbocycles. The minimum atomic E-state index is -1.24. The lowest BCUT2D eigenvalue weighted by Crippen LogP contribution is -2.28. The number of ether oxygens (including phenoxy) is 2. The fraction of sp³-hybridized carbons (Fsp3) is 0.278. The Balaban J connectivity index is 2.08. The van der Waals surface area contributed by atoms with Crippen molar-refractivity contribution >= 4 is 5.78 Å². The molecule has 114 valence electrons. The molecule has 4 heteroatoms. The van der Waals surface area contributed by atoms with Gasteiger partial charge in [-0.15, -0.1) is 0 Å². The molecule has 1 aliphatic carbocycles. The molecule has 2 unspecified atom stereocenters. The van der Waals surface area contributed by atoms with E-state index in [1.165, 1.54) is 0 Å². The average molecular weight is 298 g/mol. The standard InChI is InChI=1S/C18H18O4/c1-18(20)15-9-8-13(22-3)10-14(15)17(19)16(18)11-4-6-12(21-2)7-5-11/h4-10,16,20H,1-3H3. The Morgan fingerprint density at radius 1 is 1.00 bits per heavy atom. The summed E-state index contributed by atoms with van der Waals surface area (Å²) in [4.78, 5) is 12.8. The maximum absolute atomic E-state index is 12.8. The third-order valence-electron chi connectivity index (χ3n) is 4.31. The number of methoxy groups -OCH3 is 2. The molecule has 2 aromatic carbocycles. The summed E-state index contributed by atoms with van der Waals surface area (Å²) in [6.07, 6.45) is 0. The second-order valence-electron chi connectivity index (χ2n) is 5.63. The van der Waals surface area contributed by atoms with Crippen molar-refractivity contribution in [1.82, 2.24) is 0 Å². The van der Waals surface area contributed by atoms with E-state index in [0.717, 1.165) is 5.56 Å². The van der Waals surface area contributed by atoms with Crippen molar-refractivity contribution in [3.8, 4) is 11.5 Å². The maximum atomic E-state index is 12.8. The minimum Gasteiger partial charge on any atom is -0.497 e. The largest absolute Gasteiger partial charge is 0.497 e. The molecule has 22 heavy (non-hydrogen) atoms. The molecule has 2 aromatic rings. The summed E-state index contributed by atoms with van der Waals surface area (Å²) in [5, 5.41) is 10.9. The molecule has 0 amide bonds. The smallest absolute Gasteiger partial charge is 0.174 e. The van der Waals surface area contributed by atoms with Gasteiger partial charge in [-0.3, -0.25) is 4.79 Å². The molecule has 0 fully saturated rings. The summed E-state index contributed by atoms with van der Waals surface area (Å²) in [5.74, 6) is 0.607. The van der Waals surface area contributed by atoms with Crippen LogP contribution in [-0.2, 0) is 5.60 Å². The van der Waals surface area contributed by atoms with Crippen LogP contribution in [0.25, 0.3) is 0 Å². The van der Waals surface area contributed by atoms with E-state index in [1.54, 1.807) is 51.5 Å². The predicted molar refractivity (Wildman–Crippen MR) is 82.6 cm³/mol. The minimum absolute atomic E-state index is 0.0935. The van der Waals surface area contributed by atoms with E-state index in [1.807, 2.05) is 12.1 Å². The van der Waals surface area contributed by atoms with E-state index >= 15 is 0 Å². The van der Waals surface area contributed by atoms with Gasteiger partial charge in [0.05, 0.1) is 20.1 Å². The molecule has 0 radical (unpaired) electrons. The number of benzene rings is 2. The van der Waals surface area contributed by atoms with Gasteiger partial charge < -0.3 is 14.6 Å². The van der Waals surface area contributed by atoms with Crippen LogP contribution in [0.1, 0.15) is 34.3 Å². The number of ketones is 1. The number of carbonyl (C=O) groups excluding carboxylic acids is 1. The summed E-state index contributed by atoms with van der Waals surface area (Å²) >= 11 is 0. The first kappa shape index (κ1) is 14.6. The maximum Gasteiger partial charge on any atom is 0.174 e. The van der Waals surface area contributed by atoms with Crippen LogP contribution in [0.5, 0.6) is 11.5 Å². The number of hydrogen-bond donors (Lipinski definition) is 1. The molecule has 1 N–H and O–H groups in total. The lowest BCUT2D eigenvalue weighted by molar-refractivity contribution is 0.0365. The van der Waals surface area contributed by atoms with Crippen molar-refractivity contribution in [2.45, 2.75) is 18.4 Å². The zero-order valence-corrected chi connectivity index (χ0v) is 12.8. The van der Waals surface area contributed by atoms with E-state index in [9.17, 15) is 9.90 Å². The van der Waals surface area contributed by atoms with Crippen molar-refractivity contribution in [3.63, 3.8) is 0 Å². The summed E-state index contributed by atoms with van der Waals surface area (Å²) in [6.45, 7) is 1.68. The Morgan fingerprint density at radius 3 is 2.18 bits per heavy atom. The van der Waals surface area contributed by atoms with E-state index < -0.39 is 11.5 Å². The van der Waals surface area contributed by atoms with Crippen molar-refractivity contribution in [1.29, 1.82) is 0 Å². The van der Waals surface area contributed by atoms with Gasteiger partial charge in [-0.25, -0.2) is 0 Å². The number of carbonyl (C=O) groups is 1. The molecule has 3 rings (SSSR count). The zero-order valence-electron chi connectivity index (χ0n) is 12.8. The Bertz CT molecular complexity index is 716. The fourth-order valence-electron chi connectivity index (χ4n) is 3.13. The van der Waals surface area contributed by atoms with Crippen LogP contribution in [0.2, 0.25) is 0 Å². The second kappa shape index (κ2) is 5.14. The topological polar surface area (TPSA) is 55.8 Å². The van der Waals surface area contributed by atoms with Crippen molar-refractivity contribution in [2.24, 2.45) is 0 Å². The molecule has 0 spiro atoms. The summed E-state index contributed by atoms with van der Waals surface area (Å²) in [7, 11) is 3.15. The monoisotopic (exact) mass is 298 g/mol. The average Bonchev–Trinajstić information content (AvgIpc) is 2.73. The van der Waals surface area contributed by atoms with Gasteiger partial charge in [0.25, 0.3) is 0 Å². The molecular weight excluding hydrogens is 280 g/mol. The Morgan fingerprint density at radius 2 is 1.59 bits per heavy atom. The molecular formula is C18H18O4. The van der Waals surface area contributed by atoms with Gasteiger partial charge in [0.15, 0.2) is 5.78 Å². The highest BCUT2D eigenvalue weighted by molar-refractivity contribution is 6.07. The highest BCUT2D eigenvalue weighted by Gasteiger charge is 2.48. The predicted octanol–water partition coefficient (Wildman–Crippen LogP) is 2.89. The first-order chi connectivity index (χ1) is 10.5. The third kappa shape index (κ3) is 2.07. The lowest BCUT2D eigenvalue weighted by Gasteiger charge is -2.26. The highest BCUT2D eigenvalue weighted by Crippen LogP contribution is 2.47. The molecule has 2 atom stereocenters. The van der Waals surface area contributed by atoms with E-state index in [4.69, 9.17) is 9.47 Å². The number of hydrogen-bond acceptors (Lipinski definition) is 4. The molecule has 1 aliphatic rings. The van der Waals surface area contributed by atoms with Gasteiger partial charge in [-0.2, -0.15) is 0 Å². The van der Waals surface area contributed by atoms with Crippen molar-refractivity contribution < 1.29 is 19.4 Å². The molecule has 0 saturated heterocycles. The number of fused-ring (bicyclic) bond motifs is 1. The normalized spacial score (nSPS) is 23.3. The van der Waals surface area contributed by atoms with Gasteiger partial charge in [-0.05, 0) is 42.3 Å². The molecule has 4 nitrogen and oxygen atoms in total. The van der Waals surface area contributed by atoms with E-state index in [2.05, 4.69) is 0 Å². The summed E-state index contributed by atoms with van der Waals surface area (Å²) < 4.78 is 10.3. The van der Waals surface area contributed by atoms with Crippen LogP contribution >= 0.6 is 0 Å². The fourth-order valence-corrected chi connectivity index (χ4v) is 3.13. The van der Waals surface area contributed by atoms with Crippen molar-refractivity contribution in [3.05, 3.63) is 59.2 Å². The van der Waals surface area contributed by atoms with Crippen LogP contribution in [0.3, 0.4) is 0 Å². The first-order valence-corrected chi connectivity index (χ1v) is 7.08.